The Morgan fingerprint density at radius 3 is 2.13 bits per heavy atom. The number of hydrogen-bond acceptors (Lipinski definition) is 11. The lowest BCUT2D eigenvalue weighted by atomic mass is 9.46. The van der Waals surface area contributed by atoms with E-state index in [1.54, 1.807) is 32.0 Å². The van der Waals surface area contributed by atoms with E-state index in [4.69, 9.17) is 23.7 Å². The van der Waals surface area contributed by atoms with E-state index in [-0.39, 0.29) is 18.4 Å². The molecule has 0 aromatic heterocycles. The fourth-order valence-corrected chi connectivity index (χ4v) is 6.88. The zero-order valence-corrected chi connectivity index (χ0v) is 22.8. The van der Waals surface area contributed by atoms with E-state index in [0.717, 1.165) is 13.8 Å². The molecule has 1 aromatic carbocycles. The molecule has 212 valence electrons. The van der Waals surface area contributed by atoms with Gasteiger partial charge in [-0.25, -0.2) is 4.79 Å². The van der Waals surface area contributed by atoms with Gasteiger partial charge in [-0.15, -0.1) is 0 Å². The second-order valence-electron chi connectivity index (χ2n) is 11.2. The van der Waals surface area contributed by atoms with Crippen molar-refractivity contribution in [3.05, 3.63) is 35.9 Å². The maximum absolute atomic E-state index is 14.4. The largest absolute Gasteiger partial charge is 0.465 e. The average molecular weight is 547 g/mol. The highest BCUT2D eigenvalue weighted by molar-refractivity contribution is 5.96. The minimum Gasteiger partial charge on any atom is -0.465 e. The predicted molar refractivity (Wildman–Crippen MR) is 132 cm³/mol. The number of ether oxygens (including phenoxy) is 5. The summed E-state index contributed by atoms with van der Waals surface area (Å²) >= 11 is 0. The monoisotopic (exact) mass is 546 g/mol. The van der Waals surface area contributed by atoms with Crippen LogP contribution in [0.1, 0.15) is 64.7 Å². The third kappa shape index (κ3) is 4.31. The lowest BCUT2D eigenvalue weighted by Crippen LogP contribution is -2.82. The molecule has 1 heterocycles. The highest BCUT2D eigenvalue weighted by atomic mass is 16.6. The third-order valence-electron chi connectivity index (χ3n) is 8.22. The molecule has 0 unspecified atom stereocenters. The molecule has 3 fully saturated rings. The second kappa shape index (κ2) is 9.71. The van der Waals surface area contributed by atoms with Gasteiger partial charge in [-0.2, -0.15) is 0 Å². The molecule has 1 N–H and O–H groups in total. The zero-order valence-electron chi connectivity index (χ0n) is 22.8. The Morgan fingerprint density at radius 2 is 1.56 bits per heavy atom. The Labute approximate surface area is 226 Å². The van der Waals surface area contributed by atoms with Gasteiger partial charge in [0.1, 0.15) is 24.2 Å². The van der Waals surface area contributed by atoms with E-state index in [2.05, 4.69) is 0 Å². The number of ketones is 1. The Balaban J connectivity index is 2.04. The van der Waals surface area contributed by atoms with Crippen LogP contribution in [0.3, 0.4) is 0 Å². The number of benzene rings is 1. The molecular formula is C28H34O11. The summed E-state index contributed by atoms with van der Waals surface area (Å²) in [6.07, 6.45) is -4.32. The first-order valence-electron chi connectivity index (χ1n) is 12.8. The number of Topliss-reactive ketones (excluding diaryl/α,β-unsaturated/α-hetero) is 1. The number of esters is 4. The Bertz CT molecular complexity index is 1190. The molecule has 1 spiro atoms. The molecular weight excluding hydrogens is 512 g/mol. The summed E-state index contributed by atoms with van der Waals surface area (Å²) < 4.78 is 29.5. The van der Waals surface area contributed by atoms with E-state index in [9.17, 15) is 29.1 Å². The fraction of sp³-hybridized carbons (Fsp3) is 0.607. The predicted octanol–water partition coefficient (Wildman–Crippen LogP) is 1.92. The molecule has 1 saturated heterocycles. The van der Waals surface area contributed by atoms with Crippen molar-refractivity contribution in [2.24, 2.45) is 11.3 Å². The summed E-state index contributed by atoms with van der Waals surface area (Å²) in [7, 11) is 0. The van der Waals surface area contributed by atoms with Gasteiger partial charge in [0, 0.05) is 20.8 Å². The molecule has 1 aromatic rings. The summed E-state index contributed by atoms with van der Waals surface area (Å²) in [5.41, 5.74) is -7.01. The summed E-state index contributed by atoms with van der Waals surface area (Å²) in [4.78, 5) is 64.6. The summed E-state index contributed by atoms with van der Waals surface area (Å²) in [6, 6.07) is 7.95. The van der Waals surface area contributed by atoms with Gasteiger partial charge in [-0.1, -0.05) is 18.2 Å². The first kappa shape index (κ1) is 28.7. The van der Waals surface area contributed by atoms with Crippen LogP contribution in [-0.2, 0) is 42.9 Å². The minimum absolute atomic E-state index is 0.000868. The zero-order chi connectivity index (χ0) is 29.0. The van der Waals surface area contributed by atoms with Crippen LogP contribution >= 0.6 is 0 Å². The highest BCUT2D eigenvalue weighted by Crippen LogP contribution is 2.68. The second-order valence-corrected chi connectivity index (χ2v) is 11.2. The molecule has 2 saturated carbocycles. The number of carbonyl (C=O) groups is 5. The van der Waals surface area contributed by atoms with Gasteiger partial charge in [-0.05, 0) is 45.7 Å². The fourth-order valence-electron chi connectivity index (χ4n) is 6.88. The van der Waals surface area contributed by atoms with Crippen LogP contribution in [0.2, 0.25) is 0 Å². The maximum atomic E-state index is 14.4. The van der Waals surface area contributed by atoms with Crippen molar-refractivity contribution < 1.29 is 52.8 Å². The van der Waals surface area contributed by atoms with Crippen molar-refractivity contribution in [1.82, 2.24) is 0 Å². The van der Waals surface area contributed by atoms with Gasteiger partial charge in [0.05, 0.1) is 22.7 Å². The van der Waals surface area contributed by atoms with E-state index in [1.165, 1.54) is 26.0 Å². The van der Waals surface area contributed by atoms with Crippen molar-refractivity contribution >= 4 is 29.7 Å². The van der Waals surface area contributed by atoms with Crippen molar-refractivity contribution in [2.75, 3.05) is 6.61 Å². The molecule has 2 aliphatic carbocycles. The first-order valence-corrected chi connectivity index (χ1v) is 12.8. The standard InChI is InChI=1S/C28H34O11/c1-15(29)35-14-27-19(36-16(2)30)12-13-26(6,34)28(27)22(37-17(3)31)20(25(4,5)39-28)21(32)23(27)38-24(33)18-10-8-7-9-11-18/h7-11,19-20,22-23,34H,12-14H2,1-6H3/t19-,20+,22+,23+,26-,27-,28-/m0/s1. The van der Waals surface area contributed by atoms with Crippen LogP contribution in [0.5, 0.6) is 0 Å². The molecule has 0 amide bonds. The topological polar surface area (TPSA) is 152 Å². The van der Waals surface area contributed by atoms with E-state index in [1.807, 2.05) is 0 Å². The van der Waals surface area contributed by atoms with Crippen LogP contribution in [0.4, 0.5) is 0 Å². The van der Waals surface area contributed by atoms with Crippen LogP contribution in [-0.4, -0.2) is 76.5 Å². The molecule has 2 bridgehead atoms. The third-order valence-corrected chi connectivity index (χ3v) is 8.22. The molecule has 4 rings (SSSR count). The van der Waals surface area contributed by atoms with Gasteiger partial charge < -0.3 is 28.8 Å². The van der Waals surface area contributed by atoms with Crippen molar-refractivity contribution in [3.63, 3.8) is 0 Å². The SMILES string of the molecule is CC(=O)OC[C@@]12[C@@H](OC(C)=O)CC[C@](C)(O)[C@]13OC(C)(C)[C@H](C(=O)[C@H]2OC(=O)c1ccccc1)[C@H]3OC(C)=O. The number of fused-ring (bicyclic) bond motifs is 1. The van der Waals surface area contributed by atoms with Crippen LogP contribution in [0, 0.1) is 11.3 Å². The number of aliphatic hydroxyl groups is 1. The van der Waals surface area contributed by atoms with Crippen molar-refractivity contribution in [1.29, 1.82) is 0 Å². The summed E-state index contributed by atoms with van der Waals surface area (Å²) in [5, 5.41) is 12.1. The summed E-state index contributed by atoms with van der Waals surface area (Å²) in [5.74, 6) is -4.92. The Morgan fingerprint density at radius 1 is 0.949 bits per heavy atom. The molecule has 7 atom stereocenters. The number of rotatable bonds is 6. The van der Waals surface area contributed by atoms with Gasteiger partial charge in [0.2, 0.25) is 0 Å². The minimum atomic E-state index is -2.00. The van der Waals surface area contributed by atoms with Gasteiger partial charge in [0.25, 0.3) is 0 Å². The van der Waals surface area contributed by atoms with E-state index < -0.39 is 82.7 Å². The van der Waals surface area contributed by atoms with Gasteiger partial charge in [-0.3, -0.25) is 19.2 Å². The molecule has 11 nitrogen and oxygen atoms in total. The molecule has 39 heavy (non-hydrogen) atoms. The van der Waals surface area contributed by atoms with Crippen molar-refractivity contribution in [3.8, 4) is 0 Å². The molecule has 1 aliphatic heterocycles. The first-order chi connectivity index (χ1) is 18.1. The number of carbonyl (C=O) groups excluding carboxylic acids is 5. The van der Waals surface area contributed by atoms with Gasteiger partial charge in [0.15, 0.2) is 17.5 Å². The van der Waals surface area contributed by atoms with Gasteiger partial charge >= 0.3 is 23.9 Å². The Kier molecular flexibility index (Phi) is 7.14. The summed E-state index contributed by atoms with van der Waals surface area (Å²) in [6.45, 7) is 7.49. The highest BCUT2D eigenvalue weighted by Gasteiger charge is 2.87. The van der Waals surface area contributed by atoms with E-state index >= 15 is 0 Å². The normalized spacial score (nSPS) is 36.3. The molecule has 0 radical (unpaired) electrons. The van der Waals surface area contributed by atoms with Crippen LogP contribution in [0.25, 0.3) is 0 Å². The number of hydrogen-bond donors (Lipinski definition) is 1. The maximum Gasteiger partial charge on any atom is 0.338 e. The Hall–Kier alpha value is -3.31. The van der Waals surface area contributed by atoms with E-state index in [0.29, 0.717) is 0 Å². The van der Waals surface area contributed by atoms with Crippen LogP contribution in [0.15, 0.2) is 30.3 Å². The lowest BCUT2D eigenvalue weighted by molar-refractivity contribution is -0.335. The smallest absolute Gasteiger partial charge is 0.338 e. The average Bonchev–Trinajstić information content (AvgIpc) is 3.03. The van der Waals surface area contributed by atoms with Crippen molar-refractivity contribution in [2.45, 2.75) is 89.5 Å². The quantitative estimate of drug-likeness (QED) is 0.411. The molecule has 11 heteroatoms. The molecule has 3 aliphatic rings. The lowest BCUT2D eigenvalue weighted by Gasteiger charge is -2.64. The van der Waals surface area contributed by atoms with Crippen LogP contribution < -0.4 is 0 Å².